The Labute approximate surface area is 200 Å². The van der Waals surface area contributed by atoms with Gasteiger partial charge < -0.3 is 21.0 Å². The first kappa shape index (κ1) is 30.0. The maximum Gasteiger partial charge on any atom is 2.00 e. The molecule has 0 heterocycles. The van der Waals surface area contributed by atoms with Crippen LogP contribution in [0, 0.1) is 0 Å². The first-order valence-electron chi connectivity index (χ1n) is 1.40. The third-order valence-corrected chi connectivity index (χ3v) is 0.591. The van der Waals surface area contributed by atoms with E-state index >= 15 is 0 Å². The topological polar surface area (TPSA) is 104 Å². The molecule has 0 aromatic heterocycles. The van der Waals surface area contributed by atoms with Crippen molar-refractivity contribution in [1.82, 2.24) is 0 Å². The molecule has 0 aliphatic heterocycles. The van der Waals surface area contributed by atoms with Crippen LogP contribution in [0.2, 0.25) is 0 Å². The predicted octanol–water partition coefficient (Wildman–Crippen LogP) is -0.849. The summed E-state index contributed by atoms with van der Waals surface area (Å²) in [6.07, 6.45) is -1.99. The van der Waals surface area contributed by atoms with Crippen LogP contribution in [-0.2, 0) is 9.09 Å². The normalized spacial score (nSPS) is 7.17. The minimum Gasteiger partial charge on any atom is -1.00 e. The third kappa shape index (κ3) is 29.3. The molecule has 6 nitrogen and oxygen atoms in total. The van der Waals surface area contributed by atoms with Gasteiger partial charge in [0.15, 0.2) is 0 Å². The molecule has 0 rings (SSSR count). The summed E-state index contributed by atoms with van der Waals surface area (Å²) in [5, 5.41) is 7.53. The van der Waals surface area contributed by atoms with Crippen LogP contribution in [0.15, 0.2) is 0 Å². The Hall–Kier alpha value is 4.46. The standard InChI is InChI=1S/CH3O6P.4Ca.8H/c2-1(3)7-8(4,5)6;;;;;;;;;;;;/h(H,2,3)(H2,4,5,6);;;;;;;;;;;;/q;4*+2;8*-1. The smallest absolute Gasteiger partial charge is 1.00 e. The maximum absolute atomic E-state index is 9.53. The summed E-state index contributed by atoms with van der Waals surface area (Å²) in [7, 11) is -4.82. The number of rotatable bonds is 1. The van der Waals surface area contributed by atoms with Crippen molar-refractivity contribution >= 4 is 165 Å². The van der Waals surface area contributed by atoms with Crippen LogP contribution in [0.25, 0.3) is 0 Å². The second-order valence-corrected chi connectivity index (χ2v) is 2.01. The van der Waals surface area contributed by atoms with Gasteiger partial charge in [0, 0.05) is 0 Å². The zero-order chi connectivity index (χ0) is 6.78. The van der Waals surface area contributed by atoms with E-state index < -0.39 is 14.0 Å². The Morgan fingerprint density at radius 2 is 1.42 bits per heavy atom. The van der Waals surface area contributed by atoms with Gasteiger partial charge in [0.25, 0.3) is 0 Å². The fraction of sp³-hybridized carbons (Fsp3) is 0. The summed E-state index contributed by atoms with van der Waals surface area (Å²) in [6, 6.07) is 0. The molecule has 0 radical (unpaired) electrons. The first-order valence-corrected chi connectivity index (χ1v) is 2.93. The Kier molecular flexibility index (Phi) is 38.6. The van der Waals surface area contributed by atoms with Crippen molar-refractivity contribution in [3.05, 3.63) is 0 Å². The first-order chi connectivity index (χ1) is 3.42. The van der Waals surface area contributed by atoms with Gasteiger partial charge in [-0.25, -0.2) is 9.36 Å². The van der Waals surface area contributed by atoms with Crippen molar-refractivity contribution in [3.8, 4) is 0 Å². The molecule has 0 spiro atoms. The molecule has 3 N–H and O–H groups in total. The van der Waals surface area contributed by atoms with E-state index in [1.807, 2.05) is 0 Å². The van der Waals surface area contributed by atoms with Crippen molar-refractivity contribution in [3.63, 3.8) is 0 Å². The summed E-state index contributed by atoms with van der Waals surface area (Å²) in [5.41, 5.74) is 0. The van der Waals surface area contributed by atoms with Gasteiger partial charge in [-0.1, -0.05) is 0 Å². The molecule has 0 unspecified atom stereocenters. The summed E-state index contributed by atoms with van der Waals surface area (Å²) in [5.74, 6) is 0. The molecule has 0 bridgehead atoms. The molecule has 0 fully saturated rings. The summed E-state index contributed by atoms with van der Waals surface area (Å²) < 4.78 is 12.6. The van der Waals surface area contributed by atoms with Gasteiger partial charge in [-0.05, 0) is 0 Å². The second-order valence-electron chi connectivity index (χ2n) is 0.848. The van der Waals surface area contributed by atoms with Crippen LogP contribution in [-0.4, -0.2) is 172 Å². The largest absolute Gasteiger partial charge is 2.00 e. The second kappa shape index (κ2) is 15.5. The zero-order valence-electron chi connectivity index (χ0n) is 14.3. The number of phosphoric ester groups is 1. The van der Waals surface area contributed by atoms with Crippen molar-refractivity contribution < 1.29 is 40.2 Å². The predicted molar refractivity (Wildman–Crippen MR) is 53.1 cm³/mol. The van der Waals surface area contributed by atoms with Gasteiger partial charge in [-0.15, -0.1) is 0 Å². The SMILES string of the molecule is O=C(O)OP(=O)(O)O.[Ca+2].[Ca+2].[Ca+2].[Ca+2].[H-].[H-].[H-].[H-].[H-].[H-].[H-].[H-]. The van der Waals surface area contributed by atoms with Gasteiger partial charge in [-0.2, -0.15) is 0 Å². The summed E-state index contributed by atoms with van der Waals surface area (Å²) in [4.78, 5) is 24.7. The monoisotopic (exact) mass is 310 g/mol. The number of hydrogen-bond acceptors (Lipinski definition) is 3. The fourth-order valence-electron chi connectivity index (χ4n) is 0.102. The average molecular weight is 310 g/mol. The maximum atomic E-state index is 9.53. The van der Waals surface area contributed by atoms with E-state index in [2.05, 4.69) is 4.52 Å². The van der Waals surface area contributed by atoms with E-state index in [0.717, 1.165) is 0 Å². The van der Waals surface area contributed by atoms with Crippen molar-refractivity contribution in [2.45, 2.75) is 0 Å². The molecule has 64 valence electrons. The van der Waals surface area contributed by atoms with Crippen LogP contribution in [0.3, 0.4) is 0 Å². The molecule has 11 heteroatoms. The van der Waals surface area contributed by atoms with Crippen molar-refractivity contribution in [2.75, 3.05) is 0 Å². The zero-order valence-corrected chi connectivity index (χ0v) is 16.1. The Morgan fingerprint density at radius 1 is 1.17 bits per heavy atom. The average Bonchev–Trinajstić information content (AvgIpc) is 1.21. The Morgan fingerprint density at radius 3 is 1.42 bits per heavy atom. The molecule has 0 saturated carbocycles. The number of phosphoric acid groups is 1. The van der Waals surface area contributed by atoms with Crippen LogP contribution in [0.4, 0.5) is 4.79 Å². The number of carbonyl (C=O) groups is 1. The molecule has 0 amide bonds. The number of hydrogen-bond donors (Lipinski definition) is 3. The molecule has 0 aliphatic rings. The van der Waals surface area contributed by atoms with Gasteiger partial charge in [0.2, 0.25) is 0 Å². The molecule has 12 heavy (non-hydrogen) atoms. The van der Waals surface area contributed by atoms with Gasteiger partial charge >= 0.3 is 165 Å². The minimum atomic E-state index is -4.82. The van der Waals surface area contributed by atoms with E-state index in [4.69, 9.17) is 14.9 Å². The molecule has 0 aromatic rings. The molecular formula is CH11Ca4O6P. The van der Waals surface area contributed by atoms with Crippen molar-refractivity contribution in [2.24, 2.45) is 0 Å². The van der Waals surface area contributed by atoms with Crippen LogP contribution >= 0.6 is 7.82 Å². The molecule has 0 saturated heterocycles. The molecule has 0 atom stereocenters. The summed E-state index contributed by atoms with van der Waals surface area (Å²) in [6.45, 7) is 0. The Balaban J connectivity index is -0.00000000371. The van der Waals surface area contributed by atoms with E-state index in [1.54, 1.807) is 0 Å². The van der Waals surface area contributed by atoms with Crippen LogP contribution in [0.1, 0.15) is 11.4 Å². The quantitative estimate of drug-likeness (QED) is 0.430. The molecule has 0 aliphatic carbocycles. The summed E-state index contributed by atoms with van der Waals surface area (Å²) >= 11 is 0. The number of carboxylic acid groups (broad SMARTS) is 1. The van der Waals surface area contributed by atoms with E-state index in [0.29, 0.717) is 0 Å². The van der Waals surface area contributed by atoms with Crippen LogP contribution < -0.4 is 0 Å². The van der Waals surface area contributed by atoms with E-state index in [-0.39, 0.29) is 162 Å². The molecule has 0 aromatic carbocycles. The van der Waals surface area contributed by atoms with Gasteiger partial charge in [0.05, 0.1) is 0 Å². The van der Waals surface area contributed by atoms with Crippen molar-refractivity contribution in [1.29, 1.82) is 0 Å². The fourth-order valence-corrected chi connectivity index (χ4v) is 0.305. The van der Waals surface area contributed by atoms with E-state index in [1.165, 1.54) is 0 Å². The minimum absolute atomic E-state index is 0. The van der Waals surface area contributed by atoms with Gasteiger partial charge in [0.1, 0.15) is 0 Å². The molecular weight excluding hydrogens is 299 g/mol. The van der Waals surface area contributed by atoms with Crippen LogP contribution in [0.5, 0.6) is 0 Å². The Bertz CT molecular complexity index is 162. The van der Waals surface area contributed by atoms with E-state index in [9.17, 15) is 9.36 Å². The third-order valence-electron chi connectivity index (χ3n) is 0.197. The van der Waals surface area contributed by atoms with Gasteiger partial charge in [-0.3, -0.25) is 9.79 Å².